The minimum absolute atomic E-state index is 0.239. The summed E-state index contributed by atoms with van der Waals surface area (Å²) in [7, 11) is 0. The first-order valence-electron chi connectivity index (χ1n) is 12.9. The summed E-state index contributed by atoms with van der Waals surface area (Å²) in [6.07, 6.45) is -5.59. The van der Waals surface area contributed by atoms with Gasteiger partial charge in [0.05, 0.1) is 34.6 Å². The van der Waals surface area contributed by atoms with Gasteiger partial charge in [-0.1, -0.05) is 36.4 Å². The number of hydrogen-bond acceptors (Lipinski definition) is 6. The Hall–Kier alpha value is -4.27. The highest BCUT2D eigenvalue weighted by molar-refractivity contribution is 5.99. The normalized spacial score (nSPS) is 15.9. The molecule has 2 atom stereocenters. The van der Waals surface area contributed by atoms with Crippen molar-refractivity contribution in [1.29, 1.82) is 0 Å². The third kappa shape index (κ3) is 6.30. The summed E-state index contributed by atoms with van der Waals surface area (Å²) in [6.45, 7) is 8.11. The standard InChI is InChI=1S/C31H31F3N2O4/c1-17(2)39-27-14-12-22(15-24(27)31(32,33)34)29-28(19(4)37)18(3)35-26-16-23(11-13-25(26)36-29)30(38)40-20(5)21-9-7-6-8-10-21/h6-17,20,29,35-36H,1-5H3. The predicted octanol–water partition coefficient (Wildman–Crippen LogP) is 7.85. The average molecular weight is 553 g/mol. The maximum atomic E-state index is 14.0. The number of ether oxygens (including phenoxy) is 2. The SMILES string of the molecule is CC(=O)C1=C(C)Nc2cc(C(=O)OC(C)c3ccccc3)ccc2NC1c1ccc(OC(C)C)c(C(F)(F)F)c1. The van der Waals surface area contributed by atoms with E-state index < -0.39 is 36.0 Å². The Morgan fingerprint density at radius 1 is 0.925 bits per heavy atom. The van der Waals surface area contributed by atoms with Gasteiger partial charge in [-0.25, -0.2) is 4.79 Å². The number of anilines is 2. The number of halogens is 3. The van der Waals surface area contributed by atoms with Crippen LogP contribution in [0.5, 0.6) is 5.75 Å². The first kappa shape index (κ1) is 28.7. The number of esters is 1. The first-order chi connectivity index (χ1) is 18.8. The number of hydrogen-bond donors (Lipinski definition) is 2. The van der Waals surface area contributed by atoms with Crippen LogP contribution < -0.4 is 15.4 Å². The zero-order valence-corrected chi connectivity index (χ0v) is 22.8. The van der Waals surface area contributed by atoms with Gasteiger partial charge in [-0.05, 0) is 76.1 Å². The van der Waals surface area contributed by atoms with E-state index in [0.717, 1.165) is 11.6 Å². The Balaban J connectivity index is 1.70. The molecule has 0 fully saturated rings. The number of ketones is 1. The monoisotopic (exact) mass is 552 g/mol. The molecule has 0 aliphatic carbocycles. The van der Waals surface area contributed by atoms with Crippen LogP contribution in [0.1, 0.15) is 73.8 Å². The number of Topliss-reactive ketones (excluding diaryl/α,β-unsaturated/α-hetero) is 1. The largest absolute Gasteiger partial charge is 0.490 e. The number of nitrogens with one attached hydrogen (secondary N) is 2. The van der Waals surface area contributed by atoms with Gasteiger partial charge in [-0.3, -0.25) is 4.79 Å². The molecule has 1 heterocycles. The van der Waals surface area contributed by atoms with Gasteiger partial charge < -0.3 is 20.1 Å². The van der Waals surface area contributed by atoms with Gasteiger partial charge in [0.15, 0.2) is 5.78 Å². The number of rotatable bonds is 7. The van der Waals surface area contributed by atoms with E-state index in [1.54, 1.807) is 45.9 Å². The van der Waals surface area contributed by atoms with Crippen LogP contribution in [0.3, 0.4) is 0 Å². The van der Waals surface area contributed by atoms with E-state index in [4.69, 9.17) is 9.47 Å². The lowest BCUT2D eigenvalue weighted by Gasteiger charge is -2.24. The van der Waals surface area contributed by atoms with E-state index in [1.165, 1.54) is 19.1 Å². The van der Waals surface area contributed by atoms with Crippen molar-refractivity contribution in [2.45, 2.75) is 59.0 Å². The summed E-state index contributed by atoms with van der Waals surface area (Å²) < 4.78 is 53.0. The maximum Gasteiger partial charge on any atom is 0.419 e. The van der Waals surface area contributed by atoms with Crippen LogP contribution in [0.25, 0.3) is 0 Å². The molecule has 2 N–H and O–H groups in total. The van der Waals surface area contributed by atoms with E-state index in [2.05, 4.69) is 10.6 Å². The number of alkyl halides is 3. The Kier molecular flexibility index (Phi) is 8.23. The van der Waals surface area contributed by atoms with Gasteiger partial charge in [0, 0.05) is 11.3 Å². The molecule has 0 saturated carbocycles. The fourth-order valence-corrected chi connectivity index (χ4v) is 4.66. The zero-order valence-electron chi connectivity index (χ0n) is 22.8. The quantitative estimate of drug-likeness (QED) is 0.291. The lowest BCUT2D eigenvalue weighted by Crippen LogP contribution is -2.20. The van der Waals surface area contributed by atoms with Crippen molar-refractivity contribution < 1.29 is 32.2 Å². The molecule has 6 nitrogen and oxygen atoms in total. The van der Waals surface area contributed by atoms with Crippen LogP contribution >= 0.6 is 0 Å². The summed E-state index contributed by atoms with van der Waals surface area (Å²) in [5, 5.41) is 6.37. The second kappa shape index (κ2) is 11.5. The van der Waals surface area contributed by atoms with Gasteiger partial charge >= 0.3 is 12.1 Å². The van der Waals surface area contributed by atoms with Crippen LogP contribution in [0.15, 0.2) is 78.0 Å². The Bertz CT molecular complexity index is 1450. The molecule has 0 bridgehead atoms. The average Bonchev–Trinajstić information content (AvgIpc) is 3.03. The number of fused-ring (bicyclic) bond motifs is 1. The fourth-order valence-electron chi connectivity index (χ4n) is 4.66. The molecule has 3 aromatic carbocycles. The van der Waals surface area contributed by atoms with Crippen molar-refractivity contribution in [2.75, 3.05) is 10.6 Å². The predicted molar refractivity (Wildman–Crippen MR) is 147 cm³/mol. The molecule has 3 aromatic rings. The Morgan fingerprint density at radius 3 is 2.25 bits per heavy atom. The smallest absolute Gasteiger partial charge is 0.419 e. The van der Waals surface area contributed by atoms with Crippen molar-refractivity contribution in [3.8, 4) is 5.75 Å². The molecular formula is C31H31F3N2O4. The summed E-state index contributed by atoms with van der Waals surface area (Å²) in [6, 6.07) is 17.0. The third-order valence-electron chi connectivity index (χ3n) is 6.51. The number of benzene rings is 3. The van der Waals surface area contributed by atoms with Crippen molar-refractivity contribution >= 4 is 23.1 Å². The van der Waals surface area contributed by atoms with Gasteiger partial charge in [0.1, 0.15) is 11.9 Å². The van der Waals surface area contributed by atoms with Crippen LogP contribution in [0, 0.1) is 0 Å². The van der Waals surface area contributed by atoms with Gasteiger partial charge in [0.2, 0.25) is 0 Å². The van der Waals surface area contributed by atoms with Crippen molar-refractivity contribution in [3.05, 3.63) is 100 Å². The molecule has 4 rings (SSSR count). The summed E-state index contributed by atoms with van der Waals surface area (Å²) in [5.41, 5.74) is 2.14. The molecule has 2 unspecified atom stereocenters. The lowest BCUT2D eigenvalue weighted by molar-refractivity contribution is -0.139. The topological polar surface area (TPSA) is 76.7 Å². The number of allylic oxidation sites excluding steroid dienone is 1. The lowest BCUT2D eigenvalue weighted by atomic mass is 9.93. The highest BCUT2D eigenvalue weighted by Crippen LogP contribution is 2.42. The third-order valence-corrected chi connectivity index (χ3v) is 6.51. The molecule has 9 heteroatoms. The minimum atomic E-state index is -4.66. The van der Waals surface area contributed by atoms with Gasteiger partial charge in [0.25, 0.3) is 0 Å². The molecule has 0 spiro atoms. The summed E-state index contributed by atoms with van der Waals surface area (Å²) >= 11 is 0. The summed E-state index contributed by atoms with van der Waals surface area (Å²) in [5.74, 6) is -1.13. The van der Waals surface area contributed by atoms with E-state index >= 15 is 0 Å². The Morgan fingerprint density at radius 2 is 1.62 bits per heavy atom. The van der Waals surface area contributed by atoms with Crippen molar-refractivity contribution in [2.24, 2.45) is 0 Å². The highest BCUT2D eigenvalue weighted by Gasteiger charge is 2.37. The van der Waals surface area contributed by atoms with Crippen molar-refractivity contribution in [3.63, 3.8) is 0 Å². The number of carbonyl (C=O) groups is 2. The molecule has 0 amide bonds. The van der Waals surface area contributed by atoms with E-state index in [1.807, 2.05) is 30.3 Å². The molecule has 210 valence electrons. The first-order valence-corrected chi connectivity index (χ1v) is 12.9. The Labute approximate surface area is 231 Å². The van der Waals surface area contributed by atoms with Crippen LogP contribution in [-0.2, 0) is 15.7 Å². The highest BCUT2D eigenvalue weighted by atomic mass is 19.4. The van der Waals surface area contributed by atoms with Gasteiger partial charge in [-0.2, -0.15) is 13.2 Å². The molecule has 40 heavy (non-hydrogen) atoms. The van der Waals surface area contributed by atoms with Crippen LogP contribution in [0.2, 0.25) is 0 Å². The second-order valence-electron chi connectivity index (χ2n) is 9.94. The van der Waals surface area contributed by atoms with E-state index in [0.29, 0.717) is 17.1 Å². The van der Waals surface area contributed by atoms with E-state index in [-0.39, 0.29) is 28.2 Å². The maximum absolute atomic E-state index is 14.0. The zero-order chi connectivity index (χ0) is 29.2. The fraction of sp³-hybridized carbons (Fsp3) is 0.290. The van der Waals surface area contributed by atoms with Gasteiger partial charge in [-0.15, -0.1) is 0 Å². The molecule has 0 aromatic heterocycles. The molecule has 1 aliphatic rings. The van der Waals surface area contributed by atoms with Crippen LogP contribution in [-0.4, -0.2) is 17.9 Å². The molecular weight excluding hydrogens is 521 g/mol. The molecule has 1 aliphatic heterocycles. The minimum Gasteiger partial charge on any atom is -0.490 e. The number of carbonyl (C=O) groups excluding carboxylic acids is 2. The van der Waals surface area contributed by atoms with E-state index in [9.17, 15) is 22.8 Å². The van der Waals surface area contributed by atoms with Crippen molar-refractivity contribution in [1.82, 2.24) is 0 Å². The summed E-state index contributed by atoms with van der Waals surface area (Å²) in [4.78, 5) is 25.7. The van der Waals surface area contributed by atoms with Crippen LogP contribution in [0.4, 0.5) is 24.5 Å². The molecule has 0 radical (unpaired) electrons. The second-order valence-corrected chi connectivity index (χ2v) is 9.94. The molecule has 0 saturated heterocycles.